The molecule has 3 heterocycles. The Morgan fingerprint density at radius 1 is 1.18 bits per heavy atom. The third-order valence-electron chi connectivity index (χ3n) is 5.36. The van der Waals surface area contributed by atoms with Gasteiger partial charge in [0.15, 0.2) is 5.82 Å². The molecule has 2 aromatic heterocycles. The Balaban J connectivity index is 1.25. The SMILES string of the molecule is Cn1cccc1CN1CCCC(c2nc(CCOCc3ccccc3)no2)C1. The number of piperidine rings is 1. The highest BCUT2D eigenvalue weighted by Crippen LogP contribution is 2.26. The summed E-state index contributed by atoms with van der Waals surface area (Å²) in [6.07, 6.45) is 5.04. The maximum absolute atomic E-state index is 5.73. The first-order valence-corrected chi connectivity index (χ1v) is 10.0. The number of likely N-dealkylation sites (tertiary alicyclic amines) is 1. The first-order valence-electron chi connectivity index (χ1n) is 10.0. The summed E-state index contributed by atoms with van der Waals surface area (Å²) in [6, 6.07) is 14.5. The molecule has 148 valence electrons. The van der Waals surface area contributed by atoms with Crippen molar-refractivity contribution in [1.29, 1.82) is 0 Å². The topological polar surface area (TPSA) is 56.3 Å². The molecule has 6 nitrogen and oxygen atoms in total. The van der Waals surface area contributed by atoms with Crippen LogP contribution in [-0.4, -0.2) is 39.3 Å². The van der Waals surface area contributed by atoms with E-state index >= 15 is 0 Å². The van der Waals surface area contributed by atoms with Gasteiger partial charge in [-0.25, -0.2) is 0 Å². The molecule has 1 aliphatic rings. The normalized spacial score (nSPS) is 17.8. The van der Waals surface area contributed by atoms with Crippen molar-refractivity contribution in [3.63, 3.8) is 0 Å². The van der Waals surface area contributed by atoms with E-state index in [0.29, 0.717) is 25.6 Å². The molecule has 1 aliphatic heterocycles. The third kappa shape index (κ3) is 4.88. The minimum absolute atomic E-state index is 0.320. The van der Waals surface area contributed by atoms with Crippen LogP contribution in [0.25, 0.3) is 0 Å². The van der Waals surface area contributed by atoms with Crippen molar-refractivity contribution in [2.45, 2.75) is 38.3 Å². The molecule has 1 aromatic carbocycles. The van der Waals surface area contributed by atoms with Gasteiger partial charge >= 0.3 is 0 Å². The predicted octanol–water partition coefficient (Wildman–Crippen LogP) is 3.55. The van der Waals surface area contributed by atoms with E-state index < -0.39 is 0 Å². The van der Waals surface area contributed by atoms with Crippen molar-refractivity contribution >= 4 is 0 Å². The van der Waals surface area contributed by atoms with Crippen molar-refractivity contribution < 1.29 is 9.26 Å². The van der Waals surface area contributed by atoms with E-state index in [-0.39, 0.29) is 0 Å². The summed E-state index contributed by atoms with van der Waals surface area (Å²) < 4.78 is 13.5. The molecule has 0 N–H and O–H groups in total. The lowest BCUT2D eigenvalue weighted by Gasteiger charge is -2.30. The second kappa shape index (κ2) is 9.17. The fraction of sp³-hybridized carbons (Fsp3) is 0.455. The number of hydrogen-bond donors (Lipinski definition) is 0. The van der Waals surface area contributed by atoms with Crippen molar-refractivity contribution in [2.24, 2.45) is 7.05 Å². The average molecular weight is 380 g/mol. The summed E-state index contributed by atoms with van der Waals surface area (Å²) in [5.74, 6) is 1.83. The predicted molar refractivity (Wildman–Crippen MR) is 107 cm³/mol. The van der Waals surface area contributed by atoms with Crippen molar-refractivity contribution in [3.05, 3.63) is 71.6 Å². The second-order valence-corrected chi connectivity index (χ2v) is 7.52. The highest BCUT2D eigenvalue weighted by molar-refractivity contribution is 5.13. The van der Waals surface area contributed by atoms with Crippen LogP contribution >= 0.6 is 0 Å². The fourth-order valence-corrected chi connectivity index (χ4v) is 3.75. The monoisotopic (exact) mass is 380 g/mol. The first-order chi connectivity index (χ1) is 13.8. The zero-order valence-electron chi connectivity index (χ0n) is 16.5. The Labute approximate surface area is 166 Å². The van der Waals surface area contributed by atoms with E-state index in [1.807, 2.05) is 18.2 Å². The van der Waals surface area contributed by atoms with Gasteiger partial charge in [0.1, 0.15) is 0 Å². The highest BCUT2D eigenvalue weighted by atomic mass is 16.5. The van der Waals surface area contributed by atoms with Crippen LogP contribution in [0.2, 0.25) is 0 Å². The summed E-state index contributed by atoms with van der Waals surface area (Å²) in [7, 11) is 2.10. The number of ether oxygens (including phenoxy) is 1. The molecule has 1 saturated heterocycles. The Hall–Kier alpha value is -2.44. The molecule has 0 spiro atoms. The molecular formula is C22H28N4O2. The summed E-state index contributed by atoms with van der Waals surface area (Å²) in [5.41, 5.74) is 2.51. The van der Waals surface area contributed by atoms with Gasteiger partial charge in [0, 0.05) is 38.4 Å². The molecule has 1 unspecified atom stereocenters. The molecule has 3 aromatic rings. The van der Waals surface area contributed by atoms with Gasteiger partial charge < -0.3 is 13.8 Å². The molecule has 1 atom stereocenters. The zero-order chi connectivity index (χ0) is 19.2. The van der Waals surface area contributed by atoms with Gasteiger partial charge in [-0.3, -0.25) is 4.90 Å². The van der Waals surface area contributed by atoms with Crippen LogP contribution in [-0.2, 0) is 31.4 Å². The number of aromatic nitrogens is 3. The van der Waals surface area contributed by atoms with Crippen LogP contribution in [0.3, 0.4) is 0 Å². The van der Waals surface area contributed by atoms with Crippen LogP contribution in [0, 0.1) is 0 Å². The van der Waals surface area contributed by atoms with Gasteiger partial charge in [0.05, 0.1) is 19.1 Å². The number of nitrogens with zero attached hydrogens (tertiary/aromatic N) is 4. The van der Waals surface area contributed by atoms with Gasteiger partial charge in [-0.1, -0.05) is 35.5 Å². The number of aryl methyl sites for hydroxylation is 1. The van der Waals surface area contributed by atoms with E-state index in [1.165, 1.54) is 11.3 Å². The van der Waals surface area contributed by atoms with E-state index in [0.717, 1.165) is 44.2 Å². The van der Waals surface area contributed by atoms with Crippen LogP contribution < -0.4 is 0 Å². The van der Waals surface area contributed by atoms with Gasteiger partial charge in [0.2, 0.25) is 5.89 Å². The Morgan fingerprint density at radius 3 is 2.89 bits per heavy atom. The Morgan fingerprint density at radius 2 is 2.07 bits per heavy atom. The van der Waals surface area contributed by atoms with Crippen molar-refractivity contribution in [3.8, 4) is 0 Å². The second-order valence-electron chi connectivity index (χ2n) is 7.52. The summed E-state index contributed by atoms with van der Waals surface area (Å²) in [6.45, 7) is 4.27. The van der Waals surface area contributed by atoms with Gasteiger partial charge in [-0.2, -0.15) is 4.98 Å². The van der Waals surface area contributed by atoms with E-state index in [9.17, 15) is 0 Å². The maximum atomic E-state index is 5.73. The van der Waals surface area contributed by atoms with Crippen LogP contribution in [0.4, 0.5) is 0 Å². The Kier molecular flexibility index (Phi) is 6.19. The van der Waals surface area contributed by atoms with E-state index in [4.69, 9.17) is 9.26 Å². The Bertz CT molecular complexity index is 858. The lowest BCUT2D eigenvalue weighted by molar-refractivity contribution is 0.122. The standard InChI is InChI=1S/C22H28N4O2/c1-25-12-6-10-20(25)16-26-13-5-9-19(15-26)22-23-21(24-28-22)11-14-27-17-18-7-3-2-4-8-18/h2-4,6-8,10,12,19H,5,9,11,13-17H2,1H3. The number of hydrogen-bond acceptors (Lipinski definition) is 5. The lowest BCUT2D eigenvalue weighted by atomic mass is 9.98. The minimum Gasteiger partial charge on any atom is -0.376 e. The smallest absolute Gasteiger partial charge is 0.231 e. The largest absolute Gasteiger partial charge is 0.376 e. The average Bonchev–Trinajstić information content (AvgIpc) is 3.36. The van der Waals surface area contributed by atoms with Crippen LogP contribution in [0.15, 0.2) is 53.2 Å². The van der Waals surface area contributed by atoms with Gasteiger partial charge in [-0.15, -0.1) is 0 Å². The molecule has 0 radical (unpaired) electrons. The van der Waals surface area contributed by atoms with E-state index in [1.54, 1.807) is 0 Å². The first kappa shape index (κ1) is 18.9. The van der Waals surface area contributed by atoms with Crippen LogP contribution in [0.1, 0.15) is 41.7 Å². The van der Waals surface area contributed by atoms with Crippen molar-refractivity contribution in [2.75, 3.05) is 19.7 Å². The molecule has 0 amide bonds. The molecule has 0 saturated carbocycles. The molecule has 1 fully saturated rings. The van der Waals surface area contributed by atoms with Gasteiger partial charge in [-0.05, 0) is 37.1 Å². The van der Waals surface area contributed by atoms with Crippen molar-refractivity contribution in [1.82, 2.24) is 19.6 Å². The molecule has 0 aliphatic carbocycles. The molecule has 28 heavy (non-hydrogen) atoms. The summed E-state index contributed by atoms with van der Waals surface area (Å²) in [5, 5.41) is 4.16. The minimum atomic E-state index is 0.320. The van der Waals surface area contributed by atoms with Crippen LogP contribution in [0.5, 0.6) is 0 Å². The third-order valence-corrected chi connectivity index (χ3v) is 5.36. The number of rotatable bonds is 8. The summed E-state index contributed by atoms with van der Waals surface area (Å²) >= 11 is 0. The lowest BCUT2D eigenvalue weighted by Crippen LogP contribution is -2.34. The number of benzene rings is 1. The fourth-order valence-electron chi connectivity index (χ4n) is 3.75. The molecule has 4 rings (SSSR count). The summed E-state index contributed by atoms with van der Waals surface area (Å²) in [4.78, 5) is 7.12. The molecule has 0 bridgehead atoms. The van der Waals surface area contributed by atoms with E-state index in [2.05, 4.69) is 57.1 Å². The molecular weight excluding hydrogens is 352 g/mol. The zero-order valence-corrected chi connectivity index (χ0v) is 16.5. The highest BCUT2D eigenvalue weighted by Gasteiger charge is 2.26. The van der Waals surface area contributed by atoms with Gasteiger partial charge in [0.25, 0.3) is 0 Å². The quantitative estimate of drug-likeness (QED) is 0.560. The maximum Gasteiger partial charge on any atom is 0.231 e. The molecule has 6 heteroatoms.